The maximum Gasteiger partial charge on any atom is 0.228 e. The first-order valence-electron chi connectivity index (χ1n) is 5.32. The second-order valence-corrected chi connectivity index (χ2v) is 5.36. The van der Waals surface area contributed by atoms with E-state index in [1.54, 1.807) is 0 Å². The molecule has 0 bridgehead atoms. The second-order valence-electron chi connectivity index (χ2n) is 5.36. The number of rotatable bonds is 0. The van der Waals surface area contributed by atoms with Crippen LogP contribution < -0.4 is 0 Å². The van der Waals surface area contributed by atoms with Crippen molar-refractivity contribution in [2.45, 2.75) is 33.7 Å². The molecule has 1 saturated heterocycles. The SMILES string of the molecule is C[C@H]1CN(C)CCN1C(=O)C(C)(C)C. The quantitative estimate of drug-likeness (QED) is 0.584. The lowest BCUT2D eigenvalue weighted by Crippen LogP contribution is -2.55. The minimum atomic E-state index is -0.246. The van der Waals surface area contributed by atoms with Crippen molar-refractivity contribution in [2.24, 2.45) is 5.41 Å². The molecule has 3 heteroatoms. The molecule has 0 saturated carbocycles. The van der Waals surface area contributed by atoms with Gasteiger partial charge in [-0.3, -0.25) is 4.79 Å². The van der Waals surface area contributed by atoms with Gasteiger partial charge in [-0.2, -0.15) is 0 Å². The Morgan fingerprint density at radius 1 is 1.29 bits per heavy atom. The van der Waals surface area contributed by atoms with Crippen LogP contribution in [0, 0.1) is 5.41 Å². The van der Waals surface area contributed by atoms with E-state index < -0.39 is 0 Å². The molecule has 1 amide bonds. The zero-order valence-corrected chi connectivity index (χ0v) is 10.0. The van der Waals surface area contributed by atoms with E-state index in [4.69, 9.17) is 0 Å². The summed E-state index contributed by atoms with van der Waals surface area (Å²) in [6, 6.07) is 0.348. The highest BCUT2D eigenvalue weighted by molar-refractivity contribution is 5.81. The molecular formula is C11H22N2O. The Bertz CT molecular complexity index is 220. The van der Waals surface area contributed by atoms with E-state index >= 15 is 0 Å². The Labute approximate surface area is 87.1 Å². The Kier molecular flexibility index (Phi) is 3.20. The summed E-state index contributed by atoms with van der Waals surface area (Å²) in [5, 5.41) is 0. The molecule has 3 nitrogen and oxygen atoms in total. The topological polar surface area (TPSA) is 23.6 Å². The van der Waals surface area contributed by atoms with Crippen molar-refractivity contribution in [1.82, 2.24) is 9.80 Å². The highest BCUT2D eigenvalue weighted by Gasteiger charge is 2.32. The van der Waals surface area contributed by atoms with E-state index in [0.29, 0.717) is 6.04 Å². The fraction of sp³-hybridized carbons (Fsp3) is 0.909. The number of hydrogen-bond acceptors (Lipinski definition) is 2. The van der Waals surface area contributed by atoms with Gasteiger partial charge < -0.3 is 9.80 Å². The largest absolute Gasteiger partial charge is 0.337 e. The third-order valence-corrected chi connectivity index (χ3v) is 2.73. The van der Waals surface area contributed by atoms with E-state index in [0.717, 1.165) is 19.6 Å². The Morgan fingerprint density at radius 3 is 2.29 bits per heavy atom. The molecule has 0 aliphatic carbocycles. The van der Waals surface area contributed by atoms with Crippen LogP contribution in [-0.4, -0.2) is 48.4 Å². The molecule has 0 aromatic carbocycles. The summed E-state index contributed by atoms with van der Waals surface area (Å²) in [5.41, 5.74) is -0.246. The van der Waals surface area contributed by atoms with Crippen molar-refractivity contribution < 1.29 is 4.79 Å². The molecule has 1 fully saturated rings. The average Bonchev–Trinajstić information content (AvgIpc) is 2.01. The van der Waals surface area contributed by atoms with Crippen molar-refractivity contribution in [1.29, 1.82) is 0 Å². The summed E-state index contributed by atoms with van der Waals surface area (Å²) in [4.78, 5) is 16.3. The fourth-order valence-corrected chi connectivity index (χ4v) is 1.87. The van der Waals surface area contributed by atoms with E-state index in [1.807, 2.05) is 25.7 Å². The maximum absolute atomic E-state index is 12.0. The average molecular weight is 198 g/mol. The monoisotopic (exact) mass is 198 g/mol. The Hall–Kier alpha value is -0.570. The van der Waals surface area contributed by atoms with Gasteiger partial charge in [0.2, 0.25) is 5.91 Å². The molecule has 82 valence electrons. The number of likely N-dealkylation sites (N-methyl/N-ethyl adjacent to an activating group) is 1. The molecule has 1 aliphatic heterocycles. The molecule has 1 atom stereocenters. The number of nitrogens with zero attached hydrogens (tertiary/aromatic N) is 2. The lowest BCUT2D eigenvalue weighted by atomic mass is 9.93. The third kappa shape index (κ3) is 2.47. The van der Waals surface area contributed by atoms with Gasteiger partial charge in [-0.25, -0.2) is 0 Å². The van der Waals surface area contributed by atoms with E-state index in [-0.39, 0.29) is 11.3 Å². The van der Waals surface area contributed by atoms with Crippen molar-refractivity contribution in [3.63, 3.8) is 0 Å². The molecule has 0 unspecified atom stereocenters. The number of carbonyl (C=O) groups excluding carboxylic acids is 1. The molecule has 1 rings (SSSR count). The zero-order valence-electron chi connectivity index (χ0n) is 10.0. The smallest absolute Gasteiger partial charge is 0.228 e. The predicted molar refractivity (Wildman–Crippen MR) is 58.1 cm³/mol. The van der Waals surface area contributed by atoms with Crippen molar-refractivity contribution in [3.8, 4) is 0 Å². The van der Waals surface area contributed by atoms with Crippen LogP contribution in [0.25, 0.3) is 0 Å². The van der Waals surface area contributed by atoms with Gasteiger partial charge in [0.05, 0.1) is 0 Å². The number of amides is 1. The second kappa shape index (κ2) is 3.89. The Morgan fingerprint density at radius 2 is 1.86 bits per heavy atom. The van der Waals surface area contributed by atoms with Gasteiger partial charge >= 0.3 is 0 Å². The normalized spacial score (nSPS) is 25.2. The summed E-state index contributed by atoms with van der Waals surface area (Å²) in [5.74, 6) is 0.276. The molecule has 0 aromatic heterocycles. The summed E-state index contributed by atoms with van der Waals surface area (Å²) in [6.07, 6.45) is 0. The zero-order chi connectivity index (χ0) is 10.9. The molecule has 0 radical (unpaired) electrons. The van der Waals surface area contributed by atoms with Gasteiger partial charge in [-0.1, -0.05) is 20.8 Å². The lowest BCUT2D eigenvalue weighted by molar-refractivity contribution is -0.143. The van der Waals surface area contributed by atoms with Crippen molar-refractivity contribution >= 4 is 5.91 Å². The summed E-state index contributed by atoms with van der Waals surface area (Å²) >= 11 is 0. The van der Waals surface area contributed by atoms with Gasteiger partial charge in [0, 0.05) is 31.1 Å². The van der Waals surface area contributed by atoms with Gasteiger partial charge in [-0.15, -0.1) is 0 Å². The van der Waals surface area contributed by atoms with Gasteiger partial charge in [0.25, 0.3) is 0 Å². The van der Waals surface area contributed by atoms with E-state index in [1.165, 1.54) is 0 Å². The summed E-state index contributed by atoms with van der Waals surface area (Å²) < 4.78 is 0. The van der Waals surface area contributed by atoms with E-state index in [2.05, 4.69) is 18.9 Å². The maximum atomic E-state index is 12.0. The van der Waals surface area contributed by atoms with Crippen LogP contribution in [0.1, 0.15) is 27.7 Å². The van der Waals surface area contributed by atoms with Crippen LogP contribution >= 0.6 is 0 Å². The minimum absolute atomic E-state index is 0.246. The molecule has 1 heterocycles. The molecule has 1 aliphatic rings. The number of hydrogen-bond donors (Lipinski definition) is 0. The first-order chi connectivity index (χ1) is 6.32. The minimum Gasteiger partial charge on any atom is -0.337 e. The Balaban J connectivity index is 2.65. The number of piperazine rings is 1. The summed E-state index contributed by atoms with van der Waals surface area (Å²) in [6.45, 7) is 10.9. The van der Waals surface area contributed by atoms with Crippen LogP contribution in [0.3, 0.4) is 0 Å². The number of carbonyl (C=O) groups is 1. The van der Waals surface area contributed by atoms with Crippen molar-refractivity contribution in [3.05, 3.63) is 0 Å². The molecule has 0 spiro atoms. The summed E-state index contributed by atoms with van der Waals surface area (Å²) in [7, 11) is 2.11. The molecule has 14 heavy (non-hydrogen) atoms. The molecular weight excluding hydrogens is 176 g/mol. The van der Waals surface area contributed by atoms with Gasteiger partial charge in [-0.05, 0) is 14.0 Å². The fourth-order valence-electron chi connectivity index (χ4n) is 1.87. The molecule has 0 aromatic rings. The highest BCUT2D eigenvalue weighted by Crippen LogP contribution is 2.20. The van der Waals surface area contributed by atoms with Crippen LogP contribution in [0.4, 0.5) is 0 Å². The van der Waals surface area contributed by atoms with Crippen LogP contribution in [0.5, 0.6) is 0 Å². The van der Waals surface area contributed by atoms with Crippen LogP contribution in [0.2, 0.25) is 0 Å². The van der Waals surface area contributed by atoms with Crippen LogP contribution in [-0.2, 0) is 4.79 Å². The van der Waals surface area contributed by atoms with Crippen molar-refractivity contribution in [2.75, 3.05) is 26.7 Å². The highest BCUT2D eigenvalue weighted by atomic mass is 16.2. The van der Waals surface area contributed by atoms with Gasteiger partial charge in [0.15, 0.2) is 0 Å². The standard InChI is InChI=1S/C11H22N2O/c1-9-8-12(5)6-7-13(9)10(14)11(2,3)4/h9H,6-8H2,1-5H3/t9-/m0/s1. The third-order valence-electron chi connectivity index (χ3n) is 2.73. The lowest BCUT2D eigenvalue weighted by Gasteiger charge is -2.41. The predicted octanol–water partition coefficient (Wildman–Crippen LogP) is 1.19. The van der Waals surface area contributed by atoms with Crippen LogP contribution in [0.15, 0.2) is 0 Å². The van der Waals surface area contributed by atoms with E-state index in [9.17, 15) is 4.79 Å². The first kappa shape index (κ1) is 11.5. The molecule has 0 N–H and O–H groups in total. The first-order valence-corrected chi connectivity index (χ1v) is 5.32. The van der Waals surface area contributed by atoms with Gasteiger partial charge in [0.1, 0.15) is 0 Å².